The van der Waals surface area contributed by atoms with Gasteiger partial charge >= 0.3 is 0 Å². The number of nitrogens with zero attached hydrogens (tertiary/aromatic N) is 1. The molecule has 3 nitrogen and oxygen atoms in total. The average Bonchev–Trinajstić information content (AvgIpc) is 3.83. The summed E-state index contributed by atoms with van der Waals surface area (Å²) in [6.07, 6.45) is 4.17. The van der Waals surface area contributed by atoms with Crippen molar-refractivity contribution in [1.29, 1.82) is 0 Å². The van der Waals surface area contributed by atoms with E-state index in [4.69, 9.17) is 4.42 Å². The minimum absolute atomic E-state index is 0.423. The number of nitrogens with one attached hydrogen (secondary N) is 1. The first-order valence-electron chi connectivity index (χ1n) is 17.6. The van der Waals surface area contributed by atoms with E-state index in [0.29, 0.717) is 6.54 Å². The third-order valence-electron chi connectivity index (χ3n) is 11.2. The maximum absolute atomic E-state index is 6.46. The van der Waals surface area contributed by atoms with Crippen LogP contribution in [0.2, 0.25) is 0 Å². The average molecular weight is 653 g/mol. The number of rotatable bonds is 4. The summed E-state index contributed by atoms with van der Waals surface area (Å²) in [7, 11) is 0. The van der Waals surface area contributed by atoms with Crippen molar-refractivity contribution in [2.24, 2.45) is 0 Å². The summed E-state index contributed by atoms with van der Waals surface area (Å²) in [4.78, 5) is 2.42. The van der Waals surface area contributed by atoms with E-state index in [9.17, 15) is 0 Å². The molecule has 51 heavy (non-hydrogen) atoms. The Balaban J connectivity index is 1.19. The molecule has 1 aromatic heterocycles. The van der Waals surface area contributed by atoms with Crippen molar-refractivity contribution in [3.63, 3.8) is 0 Å². The molecule has 1 N–H and O–H groups in total. The highest BCUT2D eigenvalue weighted by Gasteiger charge is 2.51. The molecule has 240 valence electrons. The van der Waals surface area contributed by atoms with Gasteiger partial charge in [-0.2, -0.15) is 0 Å². The Hall–Kier alpha value is -6.58. The van der Waals surface area contributed by atoms with Gasteiger partial charge in [0.1, 0.15) is 11.3 Å². The number of benzene rings is 7. The van der Waals surface area contributed by atoms with Gasteiger partial charge in [-0.25, -0.2) is 0 Å². The van der Waals surface area contributed by atoms with Crippen LogP contribution >= 0.6 is 0 Å². The van der Waals surface area contributed by atoms with Crippen LogP contribution in [-0.2, 0) is 12.0 Å². The molecule has 0 amide bonds. The predicted molar refractivity (Wildman–Crippen MR) is 209 cm³/mol. The highest BCUT2D eigenvalue weighted by molar-refractivity contribution is 6.04. The second kappa shape index (κ2) is 10.7. The van der Waals surface area contributed by atoms with Gasteiger partial charge in [0.15, 0.2) is 0 Å². The molecule has 3 aliphatic rings. The molecule has 1 aliphatic heterocycles. The maximum Gasteiger partial charge on any atom is 0.137 e. The van der Waals surface area contributed by atoms with Crippen LogP contribution in [0.5, 0.6) is 0 Å². The zero-order valence-electron chi connectivity index (χ0n) is 27.8. The van der Waals surface area contributed by atoms with Gasteiger partial charge in [0, 0.05) is 16.9 Å². The number of hydrogen-bond acceptors (Lipinski definition) is 3. The number of anilines is 3. The van der Waals surface area contributed by atoms with Crippen LogP contribution in [0.25, 0.3) is 50.4 Å². The fourth-order valence-electron chi connectivity index (χ4n) is 9.07. The third kappa shape index (κ3) is 3.89. The monoisotopic (exact) mass is 652 g/mol. The Kier molecular flexibility index (Phi) is 5.94. The van der Waals surface area contributed by atoms with Crippen LogP contribution in [0.15, 0.2) is 174 Å². The maximum atomic E-state index is 6.46. The minimum atomic E-state index is -0.423. The van der Waals surface area contributed by atoms with E-state index >= 15 is 0 Å². The van der Waals surface area contributed by atoms with E-state index in [0.717, 1.165) is 39.4 Å². The van der Waals surface area contributed by atoms with E-state index in [-0.39, 0.29) is 0 Å². The Labute approximate surface area is 296 Å². The van der Waals surface area contributed by atoms with Crippen molar-refractivity contribution in [3.8, 4) is 33.4 Å². The van der Waals surface area contributed by atoms with Crippen molar-refractivity contribution < 1.29 is 4.42 Å². The summed E-state index contributed by atoms with van der Waals surface area (Å²) in [5, 5.41) is 4.45. The van der Waals surface area contributed by atoms with Crippen LogP contribution in [0.3, 0.4) is 0 Å². The molecule has 0 saturated heterocycles. The van der Waals surface area contributed by atoms with Crippen LogP contribution < -0.4 is 10.2 Å². The first-order valence-corrected chi connectivity index (χ1v) is 17.6. The molecule has 0 radical (unpaired) electrons. The largest absolute Gasteiger partial charge is 0.458 e. The van der Waals surface area contributed by atoms with Gasteiger partial charge in [-0.3, -0.25) is 0 Å². The smallest absolute Gasteiger partial charge is 0.137 e. The van der Waals surface area contributed by atoms with Crippen LogP contribution in [0.1, 0.15) is 33.6 Å². The van der Waals surface area contributed by atoms with Crippen molar-refractivity contribution in [3.05, 3.63) is 204 Å². The number of hydrogen-bond donors (Lipinski definition) is 1. The summed E-state index contributed by atoms with van der Waals surface area (Å²) in [5.41, 5.74) is 17.8. The van der Waals surface area contributed by atoms with Crippen molar-refractivity contribution in [2.75, 3.05) is 4.90 Å². The van der Waals surface area contributed by atoms with E-state index in [1.807, 2.05) is 6.20 Å². The molecule has 0 atom stereocenters. The molecule has 1 spiro atoms. The molecule has 11 rings (SSSR count). The Morgan fingerprint density at radius 2 is 1.10 bits per heavy atom. The second-order valence-corrected chi connectivity index (χ2v) is 13.7. The van der Waals surface area contributed by atoms with E-state index in [1.54, 1.807) is 0 Å². The van der Waals surface area contributed by atoms with Gasteiger partial charge in [0.2, 0.25) is 0 Å². The van der Waals surface area contributed by atoms with E-state index in [1.165, 1.54) is 55.6 Å². The van der Waals surface area contributed by atoms with Crippen molar-refractivity contribution in [1.82, 2.24) is 5.32 Å². The van der Waals surface area contributed by atoms with Gasteiger partial charge in [-0.05, 0) is 104 Å². The molecule has 0 unspecified atom stereocenters. The van der Waals surface area contributed by atoms with Crippen LogP contribution in [-0.4, -0.2) is 0 Å². The first-order chi connectivity index (χ1) is 25.3. The Morgan fingerprint density at radius 1 is 0.510 bits per heavy atom. The lowest BCUT2D eigenvalue weighted by molar-refractivity contribution is 0.532. The molecule has 0 bridgehead atoms. The summed E-state index contributed by atoms with van der Waals surface area (Å²) in [5.74, 6) is 0.960. The third-order valence-corrected chi connectivity index (χ3v) is 11.2. The molecule has 0 fully saturated rings. The standard InChI is InChI=1S/C48H32N2O/c1-2-11-31(12-3-1)32-21-23-33(24-22-32)50(44-19-10-20-45-47(44)39-27-28-49-30-46(39)51-45)34-25-26-38-37-15-6-9-18-42(37)48(43(38)29-34)40-16-7-4-13-35(40)36-14-5-8-17-41(36)48/h1-29,49H,30H2. The van der Waals surface area contributed by atoms with Crippen molar-refractivity contribution >= 4 is 34.1 Å². The normalized spacial score (nSPS) is 14.0. The Morgan fingerprint density at radius 3 is 1.78 bits per heavy atom. The SMILES string of the molecule is C1=Cc2c(oc3cccc(N(c4ccc(-c5ccccc5)cc4)c4ccc5c(c4)C4(c6ccccc6-c6ccccc64)c4ccccc4-5)c23)CN1. The fraction of sp³-hybridized carbons (Fsp3) is 0.0417. The van der Waals surface area contributed by atoms with Gasteiger partial charge in [0.05, 0.1) is 23.0 Å². The van der Waals surface area contributed by atoms with Crippen LogP contribution in [0.4, 0.5) is 17.1 Å². The van der Waals surface area contributed by atoms with Gasteiger partial charge in [-0.1, -0.05) is 127 Å². The molecule has 2 heterocycles. The summed E-state index contributed by atoms with van der Waals surface area (Å²) >= 11 is 0. The molecule has 8 aromatic rings. The lowest BCUT2D eigenvalue weighted by atomic mass is 9.70. The number of fused-ring (bicyclic) bond motifs is 13. The molecular weight excluding hydrogens is 621 g/mol. The van der Waals surface area contributed by atoms with E-state index < -0.39 is 5.41 Å². The molecule has 2 aliphatic carbocycles. The molecule has 7 aromatic carbocycles. The van der Waals surface area contributed by atoms with E-state index in [2.05, 4.69) is 180 Å². The van der Waals surface area contributed by atoms with Gasteiger partial charge in [-0.15, -0.1) is 0 Å². The Bertz CT molecular complexity index is 2640. The first kappa shape index (κ1) is 28.3. The lowest BCUT2D eigenvalue weighted by Crippen LogP contribution is -2.26. The molecule has 3 heteroatoms. The van der Waals surface area contributed by atoms with Crippen molar-refractivity contribution in [2.45, 2.75) is 12.0 Å². The highest BCUT2D eigenvalue weighted by atomic mass is 16.3. The van der Waals surface area contributed by atoms with Crippen LogP contribution in [0, 0.1) is 0 Å². The minimum Gasteiger partial charge on any atom is -0.458 e. The summed E-state index contributed by atoms with van der Waals surface area (Å²) in [6.45, 7) is 0.671. The number of furan rings is 1. The lowest BCUT2D eigenvalue weighted by Gasteiger charge is -2.32. The highest BCUT2D eigenvalue weighted by Crippen LogP contribution is 2.63. The predicted octanol–water partition coefficient (Wildman–Crippen LogP) is 12.0. The topological polar surface area (TPSA) is 28.4 Å². The fourth-order valence-corrected chi connectivity index (χ4v) is 9.07. The summed E-state index contributed by atoms with van der Waals surface area (Å²) < 4.78 is 6.46. The molecular formula is C48H32N2O. The second-order valence-electron chi connectivity index (χ2n) is 13.7. The molecule has 0 saturated carbocycles. The zero-order chi connectivity index (χ0) is 33.5. The summed E-state index contributed by atoms with van der Waals surface area (Å²) in [6, 6.07) is 60.1. The zero-order valence-corrected chi connectivity index (χ0v) is 27.8. The van der Waals surface area contributed by atoms with Gasteiger partial charge in [0.25, 0.3) is 0 Å². The van der Waals surface area contributed by atoms with Gasteiger partial charge < -0.3 is 14.6 Å². The quantitative estimate of drug-likeness (QED) is 0.205.